The number of carboxylic acids is 1. The summed E-state index contributed by atoms with van der Waals surface area (Å²) < 4.78 is 5.97. The van der Waals surface area contributed by atoms with Crippen LogP contribution in [-0.2, 0) is 9.53 Å². The van der Waals surface area contributed by atoms with Crippen molar-refractivity contribution in [2.45, 2.75) is 84.8 Å². The molecule has 2 N–H and O–H groups in total. The average Bonchev–Trinajstić information content (AvgIpc) is 3.22. The summed E-state index contributed by atoms with van der Waals surface area (Å²) in [7, 11) is 0. The van der Waals surface area contributed by atoms with Gasteiger partial charge in [0.25, 0.3) is 0 Å². The predicted molar refractivity (Wildman–Crippen MR) is 87.8 cm³/mol. The Bertz CT molecular complexity index is 358. The third-order valence-electron chi connectivity index (χ3n) is 4.72. The monoisotopic (exact) mass is 314 g/mol. The fourth-order valence-corrected chi connectivity index (χ4v) is 3.12. The van der Waals surface area contributed by atoms with E-state index in [1.54, 1.807) is 0 Å². The number of hydrogen-bond donors (Lipinski definition) is 2. The van der Waals surface area contributed by atoms with Crippen LogP contribution in [0.25, 0.3) is 0 Å². The summed E-state index contributed by atoms with van der Waals surface area (Å²) in [5.41, 5.74) is 0.0604. The fourth-order valence-electron chi connectivity index (χ4n) is 3.12. The minimum absolute atomic E-state index is 0.0185. The summed E-state index contributed by atoms with van der Waals surface area (Å²) in [5.74, 6) is 0.0366. The van der Waals surface area contributed by atoms with E-state index in [-0.39, 0.29) is 18.6 Å². The van der Waals surface area contributed by atoms with Gasteiger partial charge in [-0.05, 0) is 64.2 Å². The first-order valence-electron chi connectivity index (χ1n) is 8.58. The Hall–Kier alpha value is -0.610. The smallest absolute Gasteiger partial charge is 0.306 e. The fraction of sp³-hybridized carbons (Fsp3) is 0.944. The summed E-state index contributed by atoms with van der Waals surface area (Å²) in [6.45, 7) is 10.9. The van der Waals surface area contributed by atoms with Crippen LogP contribution < -0.4 is 0 Å². The van der Waals surface area contributed by atoms with Crippen LogP contribution in [0.3, 0.4) is 0 Å². The number of carbonyl (C=O) groups is 1. The molecule has 0 bridgehead atoms. The Morgan fingerprint density at radius 2 is 1.91 bits per heavy atom. The van der Waals surface area contributed by atoms with Gasteiger partial charge in [-0.25, -0.2) is 0 Å². The molecule has 0 spiro atoms. The maximum absolute atomic E-state index is 9.76. The Balaban J connectivity index is 0.000000335. The van der Waals surface area contributed by atoms with Crippen LogP contribution in [0.1, 0.15) is 73.1 Å². The summed E-state index contributed by atoms with van der Waals surface area (Å²) in [6, 6.07) is 0. The molecule has 4 nitrogen and oxygen atoms in total. The summed E-state index contributed by atoms with van der Waals surface area (Å²) >= 11 is 0. The lowest BCUT2D eigenvalue weighted by atomic mass is 9.71. The van der Waals surface area contributed by atoms with Crippen LogP contribution in [0.15, 0.2) is 0 Å². The van der Waals surface area contributed by atoms with E-state index in [4.69, 9.17) is 9.84 Å². The Kier molecular flexibility index (Phi) is 6.87. The number of hydrogen-bond acceptors (Lipinski definition) is 3. The van der Waals surface area contributed by atoms with Crippen molar-refractivity contribution in [3.8, 4) is 0 Å². The third kappa shape index (κ3) is 7.10. The van der Waals surface area contributed by atoms with Crippen molar-refractivity contribution in [3.63, 3.8) is 0 Å². The van der Waals surface area contributed by atoms with Gasteiger partial charge in [-0.3, -0.25) is 4.79 Å². The highest BCUT2D eigenvalue weighted by molar-refractivity contribution is 5.72. The van der Waals surface area contributed by atoms with Gasteiger partial charge >= 0.3 is 5.97 Å². The van der Waals surface area contributed by atoms with Gasteiger partial charge in [-0.1, -0.05) is 20.3 Å². The molecule has 2 fully saturated rings. The molecule has 0 heterocycles. The molecule has 130 valence electrons. The average molecular weight is 314 g/mol. The first-order chi connectivity index (χ1) is 10.1. The number of aliphatic hydroxyl groups is 1. The maximum atomic E-state index is 9.76. The van der Waals surface area contributed by atoms with Crippen molar-refractivity contribution >= 4 is 5.97 Å². The second-order valence-electron chi connectivity index (χ2n) is 8.37. The molecule has 2 saturated carbocycles. The van der Waals surface area contributed by atoms with Crippen LogP contribution in [0.5, 0.6) is 0 Å². The van der Waals surface area contributed by atoms with Crippen molar-refractivity contribution in [3.05, 3.63) is 0 Å². The molecule has 2 rings (SSSR count). The molecular formula is C18H34O4. The van der Waals surface area contributed by atoms with E-state index in [9.17, 15) is 9.90 Å². The third-order valence-corrected chi connectivity index (χ3v) is 4.72. The highest BCUT2D eigenvalue weighted by atomic mass is 16.5. The van der Waals surface area contributed by atoms with Crippen LogP contribution in [0.4, 0.5) is 0 Å². The van der Waals surface area contributed by atoms with Gasteiger partial charge in [-0.2, -0.15) is 0 Å². The van der Waals surface area contributed by atoms with Crippen LogP contribution in [0.2, 0.25) is 0 Å². The lowest BCUT2D eigenvalue weighted by Crippen LogP contribution is -2.38. The number of aliphatic carboxylic acids is 1. The first kappa shape index (κ1) is 19.4. The molecule has 0 aliphatic heterocycles. The van der Waals surface area contributed by atoms with Crippen molar-refractivity contribution < 1.29 is 19.7 Å². The lowest BCUT2D eigenvalue weighted by molar-refractivity contribution is -0.138. The predicted octanol–water partition coefficient (Wildman–Crippen LogP) is 3.86. The van der Waals surface area contributed by atoms with E-state index in [1.807, 2.05) is 13.8 Å². The number of ether oxygens (including phenoxy) is 1. The standard InChI is InChI=1S/C14H28O2.C4H6O2/c1-11(16-14(4,5)10-15)12-7-6-8-13(2,3)9-12;5-4(6)3-1-2-3/h11-12,15H,6-10H2,1-5H3;3H,1-2H2,(H,5,6). The van der Waals surface area contributed by atoms with E-state index in [2.05, 4.69) is 20.8 Å². The quantitative estimate of drug-likeness (QED) is 0.808. The second kappa shape index (κ2) is 7.78. The molecule has 0 amide bonds. The summed E-state index contributed by atoms with van der Waals surface area (Å²) in [5, 5.41) is 17.3. The number of carboxylic acid groups (broad SMARTS) is 1. The zero-order valence-electron chi connectivity index (χ0n) is 14.9. The van der Waals surface area contributed by atoms with E-state index >= 15 is 0 Å². The maximum Gasteiger partial charge on any atom is 0.306 e. The van der Waals surface area contributed by atoms with Crippen LogP contribution >= 0.6 is 0 Å². The van der Waals surface area contributed by atoms with E-state index in [0.717, 1.165) is 12.8 Å². The molecule has 2 aliphatic carbocycles. The molecule has 2 atom stereocenters. The Morgan fingerprint density at radius 1 is 1.32 bits per heavy atom. The highest BCUT2D eigenvalue weighted by Crippen LogP contribution is 2.41. The van der Waals surface area contributed by atoms with Gasteiger partial charge in [0.2, 0.25) is 0 Å². The van der Waals surface area contributed by atoms with Gasteiger partial charge in [0.1, 0.15) is 0 Å². The number of aliphatic hydroxyl groups excluding tert-OH is 1. The lowest BCUT2D eigenvalue weighted by Gasteiger charge is -2.40. The van der Waals surface area contributed by atoms with Crippen LogP contribution in [-0.4, -0.2) is 34.5 Å². The molecule has 0 aromatic heterocycles. The van der Waals surface area contributed by atoms with Gasteiger partial charge in [0.05, 0.1) is 24.2 Å². The van der Waals surface area contributed by atoms with E-state index in [0.29, 0.717) is 11.3 Å². The minimum Gasteiger partial charge on any atom is -0.481 e. The molecule has 22 heavy (non-hydrogen) atoms. The zero-order valence-corrected chi connectivity index (χ0v) is 14.9. The van der Waals surface area contributed by atoms with Gasteiger partial charge in [-0.15, -0.1) is 0 Å². The zero-order chi connectivity index (χ0) is 17.0. The van der Waals surface area contributed by atoms with Crippen molar-refractivity contribution in [1.29, 1.82) is 0 Å². The van der Waals surface area contributed by atoms with E-state index < -0.39 is 11.6 Å². The molecule has 0 aromatic rings. The minimum atomic E-state index is -0.630. The first-order valence-corrected chi connectivity index (χ1v) is 8.58. The molecule has 2 unspecified atom stereocenters. The Morgan fingerprint density at radius 3 is 2.27 bits per heavy atom. The van der Waals surface area contributed by atoms with E-state index in [1.165, 1.54) is 25.7 Å². The largest absolute Gasteiger partial charge is 0.481 e. The summed E-state index contributed by atoms with van der Waals surface area (Å²) in [4.78, 5) is 9.76. The SMILES string of the molecule is CC(OC(C)(C)CO)C1CCCC(C)(C)C1.O=C(O)C1CC1. The molecule has 0 aromatic carbocycles. The molecule has 0 radical (unpaired) electrons. The highest BCUT2D eigenvalue weighted by Gasteiger charge is 2.33. The molecular weight excluding hydrogens is 280 g/mol. The molecule has 2 aliphatic rings. The molecule has 4 heteroatoms. The molecule has 0 saturated heterocycles. The second-order valence-corrected chi connectivity index (χ2v) is 8.37. The Labute approximate surface area is 135 Å². The normalized spacial score (nSPS) is 25.8. The van der Waals surface area contributed by atoms with Crippen molar-refractivity contribution in [2.75, 3.05) is 6.61 Å². The van der Waals surface area contributed by atoms with Crippen LogP contribution in [0, 0.1) is 17.3 Å². The number of rotatable bonds is 5. The van der Waals surface area contributed by atoms with Gasteiger partial charge in [0, 0.05) is 0 Å². The topological polar surface area (TPSA) is 66.8 Å². The summed E-state index contributed by atoms with van der Waals surface area (Å²) in [6.07, 6.45) is 7.21. The van der Waals surface area contributed by atoms with Crippen molar-refractivity contribution in [1.82, 2.24) is 0 Å². The van der Waals surface area contributed by atoms with Crippen molar-refractivity contribution in [2.24, 2.45) is 17.3 Å². The van der Waals surface area contributed by atoms with Gasteiger partial charge < -0.3 is 14.9 Å². The van der Waals surface area contributed by atoms with Gasteiger partial charge in [0.15, 0.2) is 0 Å².